The van der Waals surface area contributed by atoms with E-state index in [0.29, 0.717) is 0 Å². The summed E-state index contributed by atoms with van der Waals surface area (Å²) in [6.07, 6.45) is 60.3. The van der Waals surface area contributed by atoms with E-state index in [9.17, 15) is 0 Å². The van der Waals surface area contributed by atoms with Crippen molar-refractivity contribution in [2.45, 2.75) is 233 Å². The maximum atomic E-state index is 2.40. The van der Waals surface area contributed by atoms with E-state index < -0.39 is 0 Å². The summed E-state index contributed by atoms with van der Waals surface area (Å²) in [5, 5.41) is 0. The van der Waals surface area contributed by atoms with Gasteiger partial charge >= 0.3 is 0 Å². The van der Waals surface area contributed by atoms with Crippen molar-refractivity contribution >= 4 is 0 Å². The van der Waals surface area contributed by atoms with Crippen molar-refractivity contribution in [2.24, 2.45) is 0 Å². The Hall–Kier alpha value is -0.980. The lowest BCUT2D eigenvalue weighted by Crippen LogP contribution is -1.99. The Balaban J connectivity index is 4.16. The summed E-state index contributed by atoms with van der Waals surface area (Å²) >= 11 is 0. The normalized spacial score (nSPS) is 12.1. The molecule has 0 unspecified atom stereocenters. The summed E-state index contributed by atoms with van der Waals surface area (Å²) < 4.78 is 0. The van der Waals surface area contributed by atoms with Crippen LogP contribution in [0.5, 0.6) is 0 Å². The van der Waals surface area contributed by atoms with Crippen molar-refractivity contribution in [3.05, 3.63) is 36.8 Å². The van der Waals surface area contributed by atoms with Crippen molar-refractivity contribution in [1.29, 1.82) is 0 Å². The van der Waals surface area contributed by atoms with Crippen LogP contribution in [0.3, 0.4) is 0 Å². The Bertz CT molecular complexity index is 493. The third-order valence-electron chi connectivity index (χ3n) is 9.01. The van der Waals surface area contributed by atoms with Crippen LogP contribution in [0.15, 0.2) is 36.8 Å². The van der Waals surface area contributed by atoms with Crippen LogP contribution in [-0.2, 0) is 0 Å². The lowest BCUT2D eigenvalue weighted by Gasteiger charge is -2.10. The van der Waals surface area contributed by atoms with Gasteiger partial charge in [0.05, 0.1) is 0 Å². The van der Waals surface area contributed by atoms with E-state index in [1.54, 1.807) is 0 Å². The summed E-state index contributed by atoms with van der Waals surface area (Å²) in [6, 6.07) is 0. The molecular formula is C42H81N. The fraction of sp³-hybridized carbons (Fsp3) is 0.857. The topological polar surface area (TPSA) is 3.24 Å². The lowest BCUT2D eigenvalue weighted by molar-refractivity contribution is 0.555. The molecule has 0 aliphatic rings. The van der Waals surface area contributed by atoms with Crippen molar-refractivity contribution < 1.29 is 0 Å². The highest BCUT2D eigenvalue weighted by molar-refractivity contribution is 4.99. The van der Waals surface area contributed by atoms with Gasteiger partial charge in [0.2, 0.25) is 0 Å². The maximum Gasteiger partial charge on any atom is 0.00417 e. The molecule has 0 aromatic rings. The van der Waals surface area contributed by atoms with Gasteiger partial charge in [0.1, 0.15) is 0 Å². The van der Waals surface area contributed by atoms with E-state index in [1.165, 1.54) is 212 Å². The minimum atomic E-state index is 1.21. The smallest absolute Gasteiger partial charge is 0.00417 e. The predicted octanol–water partition coefficient (Wildman–Crippen LogP) is 15.8. The number of hydrogen-bond acceptors (Lipinski definition) is 1. The third kappa shape index (κ3) is 37.1. The first-order chi connectivity index (χ1) is 21.3. The van der Waals surface area contributed by atoms with Gasteiger partial charge in [-0.25, -0.2) is 0 Å². The van der Waals surface area contributed by atoms with Crippen LogP contribution >= 0.6 is 0 Å². The number of hydrogen-bond donors (Lipinski definition) is 0. The average molecular weight is 600 g/mol. The Morgan fingerprint density at radius 3 is 0.651 bits per heavy atom. The quantitative estimate of drug-likeness (QED) is 0.0647. The molecule has 0 radical (unpaired) electrons. The largest absolute Gasteiger partial charge is 0.332 e. The van der Waals surface area contributed by atoms with Crippen molar-refractivity contribution in [2.75, 3.05) is 0 Å². The molecule has 0 aromatic carbocycles. The molecule has 254 valence electrons. The van der Waals surface area contributed by atoms with Gasteiger partial charge in [-0.15, -0.1) is 0 Å². The van der Waals surface area contributed by atoms with Gasteiger partial charge in [0, 0.05) is 18.6 Å². The van der Waals surface area contributed by atoms with E-state index in [0.717, 1.165) is 0 Å². The van der Waals surface area contributed by atoms with Crippen LogP contribution < -0.4 is 0 Å². The summed E-state index contributed by atoms with van der Waals surface area (Å²) in [7, 11) is 0. The summed E-state index contributed by atoms with van der Waals surface area (Å²) in [4.78, 5) is 2.32. The molecule has 0 N–H and O–H groups in total. The monoisotopic (exact) mass is 600 g/mol. The molecule has 0 aliphatic heterocycles. The fourth-order valence-electron chi connectivity index (χ4n) is 5.99. The van der Waals surface area contributed by atoms with Gasteiger partial charge in [-0.3, -0.25) is 0 Å². The second-order valence-electron chi connectivity index (χ2n) is 13.5. The molecule has 0 spiro atoms. The maximum absolute atomic E-state index is 2.40. The van der Waals surface area contributed by atoms with Crippen LogP contribution in [-0.4, -0.2) is 4.90 Å². The molecule has 0 rings (SSSR count). The zero-order chi connectivity index (χ0) is 31.2. The lowest BCUT2D eigenvalue weighted by atomic mass is 10.1. The first-order valence-corrected chi connectivity index (χ1v) is 20.1. The number of allylic oxidation sites excluding steroid dienone is 3. The Kier molecular flexibility index (Phi) is 38.2. The van der Waals surface area contributed by atoms with Gasteiger partial charge in [-0.1, -0.05) is 212 Å². The molecule has 43 heavy (non-hydrogen) atoms. The molecule has 0 aromatic heterocycles. The molecular weight excluding hydrogens is 518 g/mol. The van der Waals surface area contributed by atoms with Gasteiger partial charge in [-0.05, 0) is 38.5 Å². The second kappa shape index (κ2) is 39.0. The second-order valence-corrected chi connectivity index (χ2v) is 13.5. The molecule has 0 heterocycles. The van der Waals surface area contributed by atoms with Crippen molar-refractivity contribution in [3.63, 3.8) is 0 Å². The van der Waals surface area contributed by atoms with E-state index in [1.807, 2.05) is 0 Å². The first-order valence-electron chi connectivity index (χ1n) is 20.1. The molecule has 0 aliphatic carbocycles. The molecule has 0 fully saturated rings. The average Bonchev–Trinajstić information content (AvgIpc) is 3.02. The Labute approximate surface area is 273 Å². The van der Waals surface area contributed by atoms with Crippen molar-refractivity contribution in [1.82, 2.24) is 4.90 Å². The Morgan fingerprint density at radius 1 is 0.256 bits per heavy atom. The standard InChI is InChI=1S/C42H81N/c1-4-7-10-13-16-19-22-25-28-31-34-37-40-43(41-38-35-32-29-26-23-20-17-14-11-8-5-2)42-39-36-33-30-27-24-21-18-15-12-9-6-3/h37-42H,4-36H2,1-3H3/b40-37+,41-38+,42-39+. The van der Waals surface area contributed by atoms with E-state index in [4.69, 9.17) is 0 Å². The summed E-state index contributed by atoms with van der Waals surface area (Å²) in [5.74, 6) is 0. The molecule has 1 nitrogen and oxygen atoms in total. The van der Waals surface area contributed by atoms with Gasteiger partial charge < -0.3 is 4.90 Å². The van der Waals surface area contributed by atoms with Gasteiger partial charge in [0.15, 0.2) is 0 Å². The van der Waals surface area contributed by atoms with Crippen LogP contribution in [0.4, 0.5) is 0 Å². The van der Waals surface area contributed by atoms with Crippen LogP contribution in [0.1, 0.15) is 233 Å². The van der Waals surface area contributed by atoms with E-state index >= 15 is 0 Å². The highest BCUT2D eigenvalue weighted by Gasteiger charge is 1.96. The van der Waals surface area contributed by atoms with Gasteiger partial charge in [-0.2, -0.15) is 0 Å². The minimum Gasteiger partial charge on any atom is -0.332 e. The van der Waals surface area contributed by atoms with Crippen LogP contribution in [0.25, 0.3) is 0 Å². The molecule has 0 saturated heterocycles. The number of unbranched alkanes of at least 4 members (excludes halogenated alkanes) is 30. The SMILES string of the molecule is CCCCCCCCCCCC/C=C/N(/C=C/CCCCCCCCCCCC)/C=C/CCCCCCCCCCCC. The first kappa shape index (κ1) is 42.0. The predicted molar refractivity (Wildman–Crippen MR) is 199 cm³/mol. The van der Waals surface area contributed by atoms with Crippen LogP contribution in [0.2, 0.25) is 0 Å². The molecule has 0 saturated carbocycles. The van der Waals surface area contributed by atoms with Gasteiger partial charge in [0.25, 0.3) is 0 Å². The van der Waals surface area contributed by atoms with Crippen LogP contribution in [0, 0.1) is 0 Å². The minimum absolute atomic E-state index is 1.21. The fourth-order valence-corrected chi connectivity index (χ4v) is 5.99. The van der Waals surface area contributed by atoms with Crippen molar-refractivity contribution in [3.8, 4) is 0 Å². The molecule has 0 amide bonds. The number of nitrogens with zero attached hydrogens (tertiary/aromatic N) is 1. The van der Waals surface area contributed by atoms with E-state index in [-0.39, 0.29) is 0 Å². The summed E-state index contributed by atoms with van der Waals surface area (Å²) in [6.45, 7) is 6.91. The summed E-state index contributed by atoms with van der Waals surface area (Å²) in [5.41, 5.74) is 0. The third-order valence-corrected chi connectivity index (χ3v) is 9.01. The molecule has 1 heteroatoms. The number of rotatable bonds is 36. The molecule has 0 bridgehead atoms. The zero-order valence-electron chi connectivity index (χ0n) is 30.2. The molecule has 0 atom stereocenters. The highest BCUT2D eigenvalue weighted by atomic mass is 15.1. The highest BCUT2D eigenvalue weighted by Crippen LogP contribution is 2.14. The Morgan fingerprint density at radius 2 is 0.442 bits per heavy atom. The van der Waals surface area contributed by atoms with E-state index in [2.05, 4.69) is 62.5 Å². The zero-order valence-corrected chi connectivity index (χ0v) is 30.2.